The van der Waals surface area contributed by atoms with Gasteiger partial charge in [0.2, 0.25) is 0 Å². The Morgan fingerprint density at radius 3 is 2.88 bits per heavy atom. The van der Waals surface area contributed by atoms with Gasteiger partial charge in [-0.05, 0) is 36.5 Å². The van der Waals surface area contributed by atoms with Gasteiger partial charge in [-0.15, -0.1) is 0 Å². The van der Waals surface area contributed by atoms with Gasteiger partial charge in [0.15, 0.2) is 0 Å². The molecule has 1 aromatic rings. The third kappa shape index (κ3) is 2.60. The van der Waals surface area contributed by atoms with E-state index >= 15 is 0 Å². The van der Waals surface area contributed by atoms with Gasteiger partial charge < -0.3 is 0 Å². The quantitative estimate of drug-likeness (QED) is 0.604. The van der Waals surface area contributed by atoms with Crippen LogP contribution >= 0.6 is 0 Å². The second-order valence-electron chi connectivity index (χ2n) is 4.84. The SMILES string of the molecule is Cc1cnccc1C(CC1CCCC1)NN. The molecule has 1 unspecified atom stereocenters. The van der Waals surface area contributed by atoms with Gasteiger partial charge in [0.05, 0.1) is 0 Å². The van der Waals surface area contributed by atoms with Gasteiger partial charge in [0, 0.05) is 18.4 Å². The molecule has 3 N–H and O–H groups in total. The summed E-state index contributed by atoms with van der Waals surface area (Å²) < 4.78 is 0. The van der Waals surface area contributed by atoms with Crippen molar-refractivity contribution in [2.24, 2.45) is 11.8 Å². The van der Waals surface area contributed by atoms with E-state index < -0.39 is 0 Å². The molecule has 3 nitrogen and oxygen atoms in total. The van der Waals surface area contributed by atoms with Crippen molar-refractivity contribution in [1.29, 1.82) is 0 Å². The van der Waals surface area contributed by atoms with E-state index in [2.05, 4.69) is 23.4 Å². The Kier molecular flexibility index (Phi) is 3.91. The first kappa shape index (κ1) is 11.6. The van der Waals surface area contributed by atoms with E-state index in [1.54, 1.807) is 0 Å². The molecule has 88 valence electrons. The van der Waals surface area contributed by atoms with E-state index in [9.17, 15) is 0 Å². The number of aromatic nitrogens is 1. The number of hydrogen-bond donors (Lipinski definition) is 2. The first-order valence-corrected chi connectivity index (χ1v) is 6.18. The summed E-state index contributed by atoms with van der Waals surface area (Å²) in [6.45, 7) is 2.10. The van der Waals surface area contributed by atoms with Crippen molar-refractivity contribution in [3.63, 3.8) is 0 Å². The largest absolute Gasteiger partial charge is 0.271 e. The van der Waals surface area contributed by atoms with Crippen LogP contribution in [-0.2, 0) is 0 Å². The fourth-order valence-corrected chi connectivity index (χ4v) is 2.74. The highest BCUT2D eigenvalue weighted by atomic mass is 15.2. The third-order valence-corrected chi connectivity index (χ3v) is 3.68. The lowest BCUT2D eigenvalue weighted by Crippen LogP contribution is -2.30. The molecule has 0 saturated heterocycles. The van der Waals surface area contributed by atoms with Crippen molar-refractivity contribution in [2.45, 2.75) is 45.1 Å². The maximum absolute atomic E-state index is 5.68. The molecule has 1 aliphatic carbocycles. The molecule has 1 aliphatic rings. The van der Waals surface area contributed by atoms with Crippen LogP contribution < -0.4 is 11.3 Å². The number of rotatable bonds is 4. The molecule has 1 fully saturated rings. The predicted molar refractivity (Wildman–Crippen MR) is 65.6 cm³/mol. The molecule has 1 atom stereocenters. The third-order valence-electron chi connectivity index (χ3n) is 3.68. The van der Waals surface area contributed by atoms with Gasteiger partial charge in [-0.2, -0.15) is 0 Å². The minimum absolute atomic E-state index is 0.283. The molecule has 1 saturated carbocycles. The summed E-state index contributed by atoms with van der Waals surface area (Å²) in [7, 11) is 0. The molecule has 1 aromatic heterocycles. The highest BCUT2D eigenvalue weighted by Crippen LogP contribution is 2.33. The summed E-state index contributed by atoms with van der Waals surface area (Å²) in [6, 6.07) is 2.36. The number of pyridine rings is 1. The Morgan fingerprint density at radius 1 is 1.50 bits per heavy atom. The maximum Gasteiger partial charge on any atom is 0.0466 e. The van der Waals surface area contributed by atoms with Crippen molar-refractivity contribution in [2.75, 3.05) is 0 Å². The van der Waals surface area contributed by atoms with Crippen LogP contribution in [0, 0.1) is 12.8 Å². The van der Waals surface area contributed by atoms with Crippen LogP contribution in [0.1, 0.15) is 49.3 Å². The van der Waals surface area contributed by atoms with Gasteiger partial charge in [-0.1, -0.05) is 25.7 Å². The zero-order chi connectivity index (χ0) is 11.4. The Hall–Kier alpha value is -0.930. The second kappa shape index (κ2) is 5.41. The monoisotopic (exact) mass is 219 g/mol. The Morgan fingerprint density at radius 2 is 2.25 bits per heavy atom. The molecule has 0 aromatic carbocycles. The lowest BCUT2D eigenvalue weighted by atomic mass is 9.92. The fourth-order valence-electron chi connectivity index (χ4n) is 2.74. The predicted octanol–water partition coefficient (Wildman–Crippen LogP) is 2.47. The number of nitrogens with one attached hydrogen (secondary N) is 1. The molecular weight excluding hydrogens is 198 g/mol. The minimum Gasteiger partial charge on any atom is -0.271 e. The lowest BCUT2D eigenvalue weighted by molar-refractivity contribution is 0.399. The summed E-state index contributed by atoms with van der Waals surface area (Å²) in [6.07, 6.45) is 10.4. The summed E-state index contributed by atoms with van der Waals surface area (Å²) in [5, 5.41) is 0. The molecule has 0 aliphatic heterocycles. The zero-order valence-corrected chi connectivity index (χ0v) is 9.95. The second-order valence-corrected chi connectivity index (χ2v) is 4.84. The molecule has 0 spiro atoms. The van der Waals surface area contributed by atoms with Crippen LogP contribution in [0.5, 0.6) is 0 Å². The van der Waals surface area contributed by atoms with Gasteiger partial charge >= 0.3 is 0 Å². The van der Waals surface area contributed by atoms with Crippen molar-refractivity contribution in [3.05, 3.63) is 29.6 Å². The smallest absolute Gasteiger partial charge is 0.0466 e. The zero-order valence-electron chi connectivity index (χ0n) is 9.95. The van der Waals surface area contributed by atoms with Crippen LogP contribution in [0.4, 0.5) is 0 Å². The van der Waals surface area contributed by atoms with Crippen LogP contribution in [0.3, 0.4) is 0 Å². The Bertz CT molecular complexity index is 332. The van der Waals surface area contributed by atoms with Crippen LogP contribution in [0.15, 0.2) is 18.5 Å². The van der Waals surface area contributed by atoms with Gasteiger partial charge in [0.25, 0.3) is 0 Å². The van der Waals surface area contributed by atoms with E-state index in [0.29, 0.717) is 0 Å². The highest BCUT2D eigenvalue weighted by Gasteiger charge is 2.21. The van der Waals surface area contributed by atoms with Crippen LogP contribution in [0.25, 0.3) is 0 Å². The van der Waals surface area contributed by atoms with E-state index in [-0.39, 0.29) is 6.04 Å². The van der Waals surface area contributed by atoms with E-state index in [1.807, 2.05) is 12.4 Å². The summed E-state index contributed by atoms with van der Waals surface area (Å²) >= 11 is 0. The molecule has 3 heteroatoms. The minimum atomic E-state index is 0.283. The van der Waals surface area contributed by atoms with Crippen LogP contribution in [-0.4, -0.2) is 4.98 Å². The average Bonchev–Trinajstić information content (AvgIpc) is 2.80. The van der Waals surface area contributed by atoms with Gasteiger partial charge in [-0.25, -0.2) is 0 Å². The van der Waals surface area contributed by atoms with E-state index in [4.69, 9.17) is 5.84 Å². The Balaban J connectivity index is 2.06. The standard InChI is InChI=1S/C13H21N3/c1-10-9-15-7-6-12(10)13(16-14)8-11-4-2-3-5-11/h6-7,9,11,13,16H,2-5,8,14H2,1H3. The first-order valence-electron chi connectivity index (χ1n) is 6.18. The van der Waals surface area contributed by atoms with Crippen molar-refractivity contribution >= 4 is 0 Å². The normalized spacial score (nSPS) is 18.9. The number of hydrogen-bond acceptors (Lipinski definition) is 3. The Labute approximate surface area is 97.4 Å². The highest BCUT2D eigenvalue weighted by molar-refractivity contribution is 5.25. The van der Waals surface area contributed by atoms with Gasteiger partial charge in [-0.3, -0.25) is 16.3 Å². The van der Waals surface area contributed by atoms with E-state index in [0.717, 1.165) is 12.3 Å². The topological polar surface area (TPSA) is 50.9 Å². The fraction of sp³-hybridized carbons (Fsp3) is 0.615. The molecule has 0 amide bonds. The average molecular weight is 219 g/mol. The summed E-state index contributed by atoms with van der Waals surface area (Å²) in [5.41, 5.74) is 5.48. The van der Waals surface area contributed by atoms with Crippen molar-refractivity contribution < 1.29 is 0 Å². The molecule has 16 heavy (non-hydrogen) atoms. The van der Waals surface area contributed by atoms with Crippen molar-refractivity contribution in [3.8, 4) is 0 Å². The molecule has 2 rings (SSSR count). The number of nitrogens with zero attached hydrogens (tertiary/aromatic N) is 1. The van der Waals surface area contributed by atoms with Gasteiger partial charge in [0.1, 0.15) is 0 Å². The molecule has 0 radical (unpaired) electrons. The van der Waals surface area contributed by atoms with E-state index in [1.165, 1.54) is 36.8 Å². The number of nitrogens with two attached hydrogens (primary N) is 1. The molecular formula is C13H21N3. The summed E-state index contributed by atoms with van der Waals surface area (Å²) in [5.74, 6) is 6.52. The first-order chi connectivity index (χ1) is 7.81. The van der Waals surface area contributed by atoms with Crippen LogP contribution in [0.2, 0.25) is 0 Å². The molecule has 0 bridgehead atoms. The summed E-state index contributed by atoms with van der Waals surface area (Å²) in [4.78, 5) is 4.12. The number of hydrazine groups is 1. The number of aryl methyl sites for hydroxylation is 1. The lowest BCUT2D eigenvalue weighted by Gasteiger charge is -2.21. The maximum atomic E-state index is 5.68. The molecule has 1 heterocycles. The van der Waals surface area contributed by atoms with Crippen molar-refractivity contribution in [1.82, 2.24) is 10.4 Å².